The fraction of sp³-hybridized carbons (Fsp3) is 0.273. The van der Waals surface area contributed by atoms with Crippen molar-refractivity contribution >= 4 is 28.4 Å². The van der Waals surface area contributed by atoms with Crippen LogP contribution in [0.1, 0.15) is 25.3 Å². The van der Waals surface area contributed by atoms with E-state index in [2.05, 4.69) is 63.7 Å². The number of nitrogens with one attached hydrogen (secondary N) is 1. The van der Waals surface area contributed by atoms with Crippen LogP contribution in [0.2, 0.25) is 0 Å². The molecule has 2 heterocycles. The van der Waals surface area contributed by atoms with Crippen molar-refractivity contribution in [2.75, 3.05) is 23.4 Å². The van der Waals surface area contributed by atoms with Gasteiger partial charge in [0.2, 0.25) is 5.13 Å². The van der Waals surface area contributed by atoms with Crippen LogP contribution in [0.5, 0.6) is 0 Å². The monoisotopic (exact) mass is 376 g/mol. The number of anilines is 2. The minimum atomic E-state index is 0.796. The Morgan fingerprint density at radius 3 is 2.56 bits per heavy atom. The van der Waals surface area contributed by atoms with Gasteiger partial charge >= 0.3 is 0 Å². The lowest BCUT2D eigenvalue weighted by Gasteiger charge is -2.32. The van der Waals surface area contributed by atoms with Crippen LogP contribution in [-0.4, -0.2) is 24.3 Å². The van der Waals surface area contributed by atoms with Crippen LogP contribution in [0, 0.1) is 5.92 Å². The zero-order chi connectivity index (χ0) is 18.5. The second kappa shape index (κ2) is 8.35. The Balaban J connectivity index is 1.34. The van der Waals surface area contributed by atoms with Crippen molar-refractivity contribution in [1.29, 1.82) is 0 Å². The third kappa shape index (κ3) is 4.55. The van der Waals surface area contributed by atoms with E-state index in [0.29, 0.717) is 0 Å². The third-order valence-corrected chi connectivity index (χ3v) is 5.74. The second-order valence-electron chi connectivity index (χ2n) is 7.04. The van der Waals surface area contributed by atoms with E-state index in [1.165, 1.54) is 18.5 Å². The van der Waals surface area contributed by atoms with Gasteiger partial charge in [-0.1, -0.05) is 49.4 Å². The van der Waals surface area contributed by atoms with Crippen molar-refractivity contribution in [3.05, 3.63) is 65.5 Å². The number of hydrazone groups is 1. The molecule has 1 fully saturated rings. The summed E-state index contributed by atoms with van der Waals surface area (Å²) in [7, 11) is 0. The van der Waals surface area contributed by atoms with Crippen LogP contribution >= 0.6 is 11.3 Å². The zero-order valence-corrected chi connectivity index (χ0v) is 16.3. The van der Waals surface area contributed by atoms with E-state index >= 15 is 0 Å². The van der Waals surface area contributed by atoms with Crippen molar-refractivity contribution in [3.63, 3.8) is 0 Å². The van der Waals surface area contributed by atoms with Crippen LogP contribution in [-0.2, 0) is 0 Å². The molecule has 0 amide bonds. The molecule has 1 saturated heterocycles. The van der Waals surface area contributed by atoms with Gasteiger partial charge in [-0.2, -0.15) is 5.10 Å². The summed E-state index contributed by atoms with van der Waals surface area (Å²) >= 11 is 1.56. The molecule has 1 aliphatic heterocycles. The average molecular weight is 377 g/mol. The second-order valence-corrected chi connectivity index (χ2v) is 7.89. The number of aromatic nitrogens is 1. The largest absolute Gasteiger partial charge is 0.372 e. The van der Waals surface area contributed by atoms with Gasteiger partial charge in [-0.05, 0) is 36.5 Å². The molecular weight excluding hydrogens is 352 g/mol. The van der Waals surface area contributed by atoms with Gasteiger partial charge in [0.05, 0.1) is 11.9 Å². The van der Waals surface area contributed by atoms with Crippen LogP contribution in [0.3, 0.4) is 0 Å². The van der Waals surface area contributed by atoms with Crippen molar-refractivity contribution < 1.29 is 0 Å². The standard InChI is InChI=1S/C22H24N4S/c1-17-11-13-26(14-12-17)20-9-7-18(8-10-20)15-23-25-22-24-21(16-27-22)19-5-3-2-4-6-19/h2-10,15-17H,11-14H2,1H3,(H,24,25). The summed E-state index contributed by atoms with van der Waals surface area (Å²) < 4.78 is 0. The Hall–Kier alpha value is -2.66. The first-order valence-electron chi connectivity index (χ1n) is 9.43. The van der Waals surface area contributed by atoms with E-state index in [-0.39, 0.29) is 0 Å². The number of rotatable bonds is 5. The summed E-state index contributed by atoms with van der Waals surface area (Å²) in [5.74, 6) is 0.854. The van der Waals surface area contributed by atoms with Gasteiger partial charge in [0.25, 0.3) is 0 Å². The smallest absolute Gasteiger partial charge is 0.203 e. The van der Waals surface area contributed by atoms with Crippen LogP contribution in [0.25, 0.3) is 11.3 Å². The Bertz CT molecular complexity index is 878. The fourth-order valence-corrected chi connectivity index (χ4v) is 3.94. The number of benzene rings is 2. The minimum absolute atomic E-state index is 0.796. The van der Waals surface area contributed by atoms with E-state index in [4.69, 9.17) is 0 Å². The van der Waals surface area contributed by atoms with E-state index in [1.54, 1.807) is 11.3 Å². The molecule has 1 aliphatic rings. The van der Waals surface area contributed by atoms with E-state index < -0.39 is 0 Å². The first-order chi connectivity index (χ1) is 13.3. The number of nitrogens with zero attached hydrogens (tertiary/aromatic N) is 3. The molecule has 0 radical (unpaired) electrons. The topological polar surface area (TPSA) is 40.5 Å². The number of thiazole rings is 1. The Labute approximate surface area is 164 Å². The van der Waals surface area contributed by atoms with E-state index in [0.717, 1.165) is 41.0 Å². The molecule has 0 bridgehead atoms. The van der Waals surface area contributed by atoms with Crippen molar-refractivity contribution in [2.24, 2.45) is 11.0 Å². The van der Waals surface area contributed by atoms with Crippen molar-refractivity contribution in [1.82, 2.24) is 4.98 Å². The van der Waals surface area contributed by atoms with Crippen LogP contribution < -0.4 is 10.3 Å². The van der Waals surface area contributed by atoms with Crippen molar-refractivity contribution in [3.8, 4) is 11.3 Å². The molecule has 1 N–H and O–H groups in total. The van der Waals surface area contributed by atoms with Gasteiger partial charge in [0, 0.05) is 29.7 Å². The Morgan fingerprint density at radius 1 is 1.07 bits per heavy atom. The molecule has 5 heteroatoms. The van der Waals surface area contributed by atoms with Gasteiger partial charge in [-0.15, -0.1) is 11.3 Å². The molecule has 0 atom stereocenters. The summed E-state index contributed by atoms with van der Waals surface area (Å²) in [5.41, 5.74) is 7.51. The number of piperidine rings is 1. The fourth-order valence-electron chi connectivity index (χ4n) is 3.27. The van der Waals surface area contributed by atoms with E-state index in [1.807, 2.05) is 29.8 Å². The molecule has 4 rings (SSSR count). The first-order valence-corrected chi connectivity index (χ1v) is 10.3. The third-order valence-electron chi connectivity index (χ3n) is 4.99. The molecule has 0 saturated carbocycles. The normalized spacial score (nSPS) is 15.4. The highest BCUT2D eigenvalue weighted by molar-refractivity contribution is 7.14. The molecule has 27 heavy (non-hydrogen) atoms. The lowest BCUT2D eigenvalue weighted by Crippen LogP contribution is -2.32. The minimum Gasteiger partial charge on any atom is -0.372 e. The zero-order valence-electron chi connectivity index (χ0n) is 15.5. The molecule has 1 aromatic heterocycles. The first kappa shape index (κ1) is 17.7. The summed E-state index contributed by atoms with van der Waals surface area (Å²) in [4.78, 5) is 7.05. The summed E-state index contributed by atoms with van der Waals surface area (Å²) in [6.07, 6.45) is 4.41. The summed E-state index contributed by atoms with van der Waals surface area (Å²) in [5, 5.41) is 7.17. The Morgan fingerprint density at radius 2 is 1.81 bits per heavy atom. The summed E-state index contributed by atoms with van der Waals surface area (Å²) in [6.45, 7) is 4.66. The predicted molar refractivity (Wildman–Crippen MR) is 116 cm³/mol. The van der Waals surface area contributed by atoms with E-state index in [9.17, 15) is 0 Å². The lowest BCUT2D eigenvalue weighted by atomic mass is 9.99. The maximum Gasteiger partial charge on any atom is 0.203 e. The molecule has 4 nitrogen and oxygen atoms in total. The SMILES string of the molecule is CC1CCN(c2ccc(C=NNc3nc(-c4ccccc4)cs3)cc2)CC1. The highest BCUT2D eigenvalue weighted by Crippen LogP contribution is 2.25. The predicted octanol–water partition coefficient (Wildman–Crippen LogP) is 5.49. The molecule has 0 aliphatic carbocycles. The highest BCUT2D eigenvalue weighted by atomic mass is 32.1. The molecule has 2 aromatic carbocycles. The average Bonchev–Trinajstić information content (AvgIpc) is 3.19. The molecule has 3 aromatic rings. The number of hydrogen-bond donors (Lipinski definition) is 1. The van der Waals surface area contributed by atoms with Crippen LogP contribution in [0.15, 0.2) is 65.1 Å². The Kier molecular flexibility index (Phi) is 5.49. The quantitative estimate of drug-likeness (QED) is 0.473. The van der Waals surface area contributed by atoms with Crippen LogP contribution in [0.4, 0.5) is 10.8 Å². The van der Waals surface area contributed by atoms with Gasteiger partial charge in [0.15, 0.2) is 0 Å². The van der Waals surface area contributed by atoms with Gasteiger partial charge in [-0.25, -0.2) is 4.98 Å². The van der Waals surface area contributed by atoms with Gasteiger partial charge in [-0.3, -0.25) is 5.43 Å². The molecule has 0 spiro atoms. The van der Waals surface area contributed by atoms with Gasteiger partial charge < -0.3 is 4.90 Å². The lowest BCUT2D eigenvalue weighted by molar-refractivity contribution is 0.438. The molecule has 0 unspecified atom stereocenters. The maximum absolute atomic E-state index is 4.58. The summed E-state index contributed by atoms with van der Waals surface area (Å²) in [6, 6.07) is 18.8. The maximum atomic E-state index is 4.58. The van der Waals surface area contributed by atoms with Crippen molar-refractivity contribution in [2.45, 2.75) is 19.8 Å². The number of hydrogen-bond acceptors (Lipinski definition) is 5. The molecule has 138 valence electrons. The highest BCUT2D eigenvalue weighted by Gasteiger charge is 2.15. The molecular formula is C22H24N4S. The van der Waals surface area contributed by atoms with Gasteiger partial charge in [0.1, 0.15) is 0 Å².